The highest BCUT2D eigenvalue weighted by atomic mass is 16.7. The summed E-state index contributed by atoms with van der Waals surface area (Å²) in [5, 5.41) is 15.0. The van der Waals surface area contributed by atoms with Gasteiger partial charge in [-0.15, -0.1) is 0 Å². The molecule has 1 aliphatic rings. The molecule has 2 aromatic rings. The Labute approximate surface area is 152 Å². The molecule has 6 heteroatoms. The van der Waals surface area contributed by atoms with E-state index in [0.29, 0.717) is 24.6 Å². The summed E-state index contributed by atoms with van der Waals surface area (Å²) in [6.07, 6.45) is 1.44. The van der Waals surface area contributed by atoms with Crippen molar-refractivity contribution in [1.29, 1.82) is 5.26 Å². The van der Waals surface area contributed by atoms with Crippen LogP contribution in [0, 0.1) is 18.3 Å². The van der Waals surface area contributed by atoms with Crippen LogP contribution in [0.5, 0.6) is 11.5 Å². The highest BCUT2D eigenvalue weighted by Crippen LogP contribution is 2.32. The number of carbonyl (C=O) groups excluding carboxylic acids is 1. The first-order chi connectivity index (χ1) is 12.7. The summed E-state index contributed by atoms with van der Waals surface area (Å²) in [6.45, 7) is 3.07. The van der Waals surface area contributed by atoms with Crippen LogP contribution in [0.25, 0.3) is 0 Å². The van der Waals surface area contributed by atoms with Crippen LogP contribution in [-0.4, -0.2) is 12.7 Å². The summed E-state index contributed by atoms with van der Waals surface area (Å²) in [6, 6.07) is 15.4. The molecule has 0 aliphatic carbocycles. The largest absolute Gasteiger partial charge is 0.454 e. The van der Waals surface area contributed by atoms with Crippen molar-refractivity contribution in [2.75, 3.05) is 6.79 Å². The van der Waals surface area contributed by atoms with Crippen molar-refractivity contribution in [3.05, 3.63) is 70.9 Å². The summed E-state index contributed by atoms with van der Waals surface area (Å²) in [4.78, 5) is 12.2. The van der Waals surface area contributed by atoms with Crippen LogP contribution in [0.15, 0.2) is 54.2 Å². The molecule has 2 aromatic carbocycles. The molecule has 0 saturated carbocycles. The zero-order valence-electron chi connectivity index (χ0n) is 14.4. The molecule has 0 bridgehead atoms. The molecule has 0 atom stereocenters. The number of aryl methyl sites for hydroxylation is 1. The van der Waals surface area contributed by atoms with Gasteiger partial charge in [-0.05, 0) is 30.2 Å². The molecular weight excluding hydrogens is 330 g/mol. The first kappa shape index (κ1) is 17.4. The number of nitriles is 1. The number of hydrogen-bond acceptors (Lipinski definition) is 5. The predicted molar refractivity (Wildman–Crippen MR) is 96.1 cm³/mol. The first-order valence-corrected chi connectivity index (χ1v) is 8.21. The summed E-state index contributed by atoms with van der Waals surface area (Å²) in [5.41, 5.74) is 3.14. The summed E-state index contributed by atoms with van der Waals surface area (Å²) < 4.78 is 10.6. The summed E-state index contributed by atoms with van der Waals surface area (Å²) in [5.74, 6) is 0.924. The van der Waals surface area contributed by atoms with E-state index in [4.69, 9.17) is 9.47 Å². The molecule has 0 unspecified atom stereocenters. The predicted octanol–water partition coefficient (Wildman–Crippen LogP) is 2.54. The van der Waals surface area contributed by atoms with Crippen molar-refractivity contribution in [1.82, 2.24) is 10.6 Å². The average Bonchev–Trinajstić information content (AvgIpc) is 3.11. The number of carbonyl (C=O) groups is 1. The van der Waals surface area contributed by atoms with Gasteiger partial charge in [-0.2, -0.15) is 5.26 Å². The molecule has 0 radical (unpaired) electrons. The number of rotatable bonds is 6. The van der Waals surface area contributed by atoms with Gasteiger partial charge >= 0.3 is 0 Å². The second-order valence-electron chi connectivity index (χ2n) is 5.91. The highest BCUT2D eigenvalue weighted by molar-refractivity contribution is 5.97. The lowest BCUT2D eigenvalue weighted by Gasteiger charge is -2.07. The van der Waals surface area contributed by atoms with Gasteiger partial charge in [0.25, 0.3) is 5.91 Å². The van der Waals surface area contributed by atoms with Crippen molar-refractivity contribution in [3.8, 4) is 17.6 Å². The van der Waals surface area contributed by atoms with Crippen molar-refractivity contribution in [2.24, 2.45) is 0 Å². The Morgan fingerprint density at radius 3 is 2.77 bits per heavy atom. The third-order valence-corrected chi connectivity index (χ3v) is 3.89. The number of hydrogen-bond donors (Lipinski definition) is 2. The maximum atomic E-state index is 12.2. The van der Waals surface area contributed by atoms with Gasteiger partial charge in [-0.25, -0.2) is 0 Å². The number of ether oxygens (including phenoxy) is 2. The second kappa shape index (κ2) is 8.08. The van der Waals surface area contributed by atoms with Crippen LogP contribution in [0.3, 0.4) is 0 Å². The molecule has 0 aromatic heterocycles. The Morgan fingerprint density at radius 1 is 1.15 bits per heavy atom. The third kappa shape index (κ3) is 4.33. The minimum atomic E-state index is -0.429. The number of fused-ring (bicyclic) bond motifs is 1. The smallest absolute Gasteiger partial charge is 0.263 e. The van der Waals surface area contributed by atoms with E-state index in [-0.39, 0.29) is 12.4 Å². The van der Waals surface area contributed by atoms with Crippen LogP contribution in [-0.2, 0) is 17.9 Å². The molecule has 0 saturated heterocycles. The van der Waals surface area contributed by atoms with Crippen LogP contribution in [0.4, 0.5) is 0 Å². The molecule has 0 spiro atoms. The van der Waals surface area contributed by atoms with Gasteiger partial charge in [0.2, 0.25) is 6.79 Å². The molecule has 1 amide bonds. The zero-order chi connectivity index (χ0) is 18.4. The molecule has 1 aliphatic heterocycles. The fourth-order valence-electron chi connectivity index (χ4n) is 2.57. The lowest BCUT2D eigenvalue weighted by atomic mass is 10.1. The van der Waals surface area contributed by atoms with Crippen LogP contribution in [0.2, 0.25) is 0 Å². The number of nitrogens with zero attached hydrogens (tertiary/aromatic N) is 1. The highest BCUT2D eigenvalue weighted by Gasteiger charge is 2.14. The molecule has 2 N–H and O–H groups in total. The molecule has 0 fully saturated rings. The van der Waals surface area contributed by atoms with E-state index in [2.05, 4.69) is 10.6 Å². The molecule has 132 valence electrons. The minimum absolute atomic E-state index is 0.0263. The van der Waals surface area contributed by atoms with Gasteiger partial charge in [0, 0.05) is 19.3 Å². The van der Waals surface area contributed by atoms with Crippen molar-refractivity contribution >= 4 is 5.91 Å². The van der Waals surface area contributed by atoms with E-state index in [1.165, 1.54) is 6.20 Å². The Hall–Kier alpha value is -3.46. The van der Waals surface area contributed by atoms with E-state index in [9.17, 15) is 10.1 Å². The fourth-order valence-corrected chi connectivity index (χ4v) is 2.57. The van der Waals surface area contributed by atoms with E-state index in [1.54, 1.807) is 6.07 Å². The van der Waals surface area contributed by atoms with Gasteiger partial charge in [-0.1, -0.05) is 35.9 Å². The SMILES string of the molecule is Cc1cccc(CN/C=C(/C#N)C(=O)NCc2ccc3c(c2)OCO3)c1. The molecule has 3 rings (SSSR count). The Kier molecular flexibility index (Phi) is 5.40. The maximum absolute atomic E-state index is 12.2. The van der Waals surface area contributed by atoms with Crippen molar-refractivity contribution < 1.29 is 14.3 Å². The summed E-state index contributed by atoms with van der Waals surface area (Å²) >= 11 is 0. The fraction of sp³-hybridized carbons (Fsp3) is 0.200. The molecule has 6 nitrogen and oxygen atoms in total. The third-order valence-electron chi connectivity index (χ3n) is 3.89. The van der Waals surface area contributed by atoms with Gasteiger partial charge in [-0.3, -0.25) is 4.79 Å². The first-order valence-electron chi connectivity index (χ1n) is 8.21. The minimum Gasteiger partial charge on any atom is -0.454 e. The maximum Gasteiger partial charge on any atom is 0.263 e. The van der Waals surface area contributed by atoms with Gasteiger partial charge in [0.1, 0.15) is 11.6 Å². The quantitative estimate of drug-likeness (QED) is 0.618. The van der Waals surface area contributed by atoms with Crippen molar-refractivity contribution in [3.63, 3.8) is 0 Å². The van der Waals surface area contributed by atoms with Crippen LogP contribution < -0.4 is 20.1 Å². The normalized spacial score (nSPS) is 12.4. The molecular formula is C20H19N3O3. The Morgan fingerprint density at radius 2 is 1.96 bits per heavy atom. The topological polar surface area (TPSA) is 83.4 Å². The van der Waals surface area contributed by atoms with E-state index in [0.717, 1.165) is 16.7 Å². The molecule has 26 heavy (non-hydrogen) atoms. The van der Waals surface area contributed by atoms with E-state index < -0.39 is 5.91 Å². The lowest BCUT2D eigenvalue weighted by molar-refractivity contribution is -0.117. The van der Waals surface area contributed by atoms with Gasteiger partial charge in [0.15, 0.2) is 11.5 Å². The van der Waals surface area contributed by atoms with Crippen LogP contribution >= 0.6 is 0 Å². The van der Waals surface area contributed by atoms with Gasteiger partial charge in [0.05, 0.1) is 0 Å². The lowest BCUT2D eigenvalue weighted by Crippen LogP contribution is -2.25. The van der Waals surface area contributed by atoms with E-state index in [1.807, 2.05) is 49.4 Å². The monoisotopic (exact) mass is 349 g/mol. The number of nitrogens with one attached hydrogen (secondary N) is 2. The molecule has 1 heterocycles. The Balaban J connectivity index is 1.54. The Bertz CT molecular complexity index is 884. The number of amides is 1. The van der Waals surface area contributed by atoms with Crippen LogP contribution in [0.1, 0.15) is 16.7 Å². The average molecular weight is 349 g/mol. The standard InChI is InChI=1S/C20H19N3O3/c1-14-3-2-4-15(7-14)10-22-12-17(9-21)20(24)23-11-16-5-6-18-19(8-16)26-13-25-18/h2-8,12,22H,10-11,13H2,1H3,(H,23,24)/b17-12-. The van der Waals surface area contributed by atoms with Crippen molar-refractivity contribution in [2.45, 2.75) is 20.0 Å². The van der Waals surface area contributed by atoms with E-state index >= 15 is 0 Å². The van der Waals surface area contributed by atoms with Gasteiger partial charge < -0.3 is 20.1 Å². The second-order valence-corrected chi connectivity index (χ2v) is 5.91. The number of benzene rings is 2. The summed E-state index contributed by atoms with van der Waals surface area (Å²) in [7, 11) is 0. The zero-order valence-corrected chi connectivity index (χ0v) is 14.4.